The molecule has 1 aromatic carbocycles. The molecule has 2 amide bonds. The number of amides is 2. The predicted octanol–water partition coefficient (Wildman–Crippen LogP) is 2.66. The van der Waals surface area contributed by atoms with Crippen molar-refractivity contribution in [3.8, 4) is 5.88 Å². The highest BCUT2D eigenvalue weighted by atomic mass is 35.5. The number of carbonyl (C=O) groups is 2. The second-order valence-electron chi connectivity index (χ2n) is 9.87. The van der Waals surface area contributed by atoms with Crippen molar-refractivity contribution in [2.75, 3.05) is 46.0 Å². The molecule has 2 atom stereocenters. The van der Waals surface area contributed by atoms with Gasteiger partial charge in [0.1, 0.15) is 10.7 Å². The van der Waals surface area contributed by atoms with E-state index in [9.17, 15) is 9.59 Å². The number of hydrogen-bond acceptors (Lipinski definition) is 7. The van der Waals surface area contributed by atoms with Crippen molar-refractivity contribution in [3.63, 3.8) is 0 Å². The molecule has 36 heavy (non-hydrogen) atoms. The van der Waals surface area contributed by atoms with Gasteiger partial charge in [0, 0.05) is 68.4 Å². The van der Waals surface area contributed by atoms with E-state index < -0.39 is 0 Å². The maximum Gasteiger partial charge on any atom is 0.254 e. The van der Waals surface area contributed by atoms with Gasteiger partial charge in [-0.1, -0.05) is 16.8 Å². The van der Waals surface area contributed by atoms with E-state index in [1.807, 2.05) is 15.9 Å². The molecule has 0 radical (unpaired) electrons. The number of ether oxygens (including phenoxy) is 2. The largest absolute Gasteiger partial charge is 0.477 e. The van der Waals surface area contributed by atoms with Crippen LogP contribution in [0.1, 0.15) is 33.6 Å². The molecule has 5 heterocycles. The van der Waals surface area contributed by atoms with Crippen LogP contribution in [0.15, 0.2) is 30.3 Å². The quantitative estimate of drug-likeness (QED) is 0.525. The minimum atomic E-state index is -0.0843. The van der Waals surface area contributed by atoms with E-state index in [1.165, 1.54) is 0 Å². The third kappa shape index (κ3) is 4.62. The topological polar surface area (TPSA) is 114 Å². The van der Waals surface area contributed by atoms with Gasteiger partial charge in [-0.05, 0) is 43.0 Å². The lowest BCUT2D eigenvalue weighted by Gasteiger charge is -2.23. The van der Waals surface area contributed by atoms with Crippen molar-refractivity contribution in [1.82, 2.24) is 30.2 Å². The third-order valence-corrected chi connectivity index (χ3v) is 7.65. The van der Waals surface area contributed by atoms with Crippen molar-refractivity contribution in [2.45, 2.75) is 12.8 Å². The van der Waals surface area contributed by atoms with Gasteiger partial charge in [-0.15, -0.1) is 5.10 Å². The van der Waals surface area contributed by atoms with E-state index in [1.54, 1.807) is 24.3 Å². The zero-order chi connectivity index (χ0) is 24.6. The maximum atomic E-state index is 13.3. The van der Waals surface area contributed by atoms with E-state index in [4.69, 9.17) is 21.1 Å². The molecule has 3 saturated heterocycles. The SMILES string of the molecule is O=C(c1cc(Cl)nc(OCC2CCOCC2)c1)N1C[C@@H]2CN(C(=O)c3ccc4[nH]nnc4c3)C[C@H]2C1. The Morgan fingerprint density at radius 1 is 1.00 bits per heavy atom. The second-order valence-corrected chi connectivity index (χ2v) is 10.3. The lowest BCUT2D eigenvalue weighted by molar-refractivity contribution is 0.0490. The number of pyridine rings is 1. The number of aromatic amines is 1. The fourth-order valence-electron chi connectivity index (χ4n) is 5.45. The maximum absolute atomic E-state index is 13.3. The van der Waals surface area contributed by atoms with Gasteiger partial charge in [-0.3, -0.25) is 14.7 Å². The van der Waals surface area contributed by atoms with Crippen LogP contribution in [0.4, 0.5) is 0 Å². The Morgan fingerprint density at radius 2 is 1.69 bits per heavy atom. The number of aromatic nitrogens is 4. The fourth-order valence-corrected chi connectivity index (χ4v) is 5.65. The average Bonchev–Trinajstić information content (AvgIpc) is 3.61. The Kier molecular flexibility index (Phi) is 6.22. The Hall–Kier alpha value is -3.24. The van der Waals surface area contributed by atoms with Crippen LogP contribution in [0.5, 0.6) is 5.88 Å². The van der Waals surface area contributed by atoms with E-state index in [0.717, 1.165) is 31.6 Å². The summed E-state index contributed by atoms with van der Waals surface area (Å²) in [4.78, 5) is 34.3. The van der Waals surface area contributed by atoms with Gasteiger partial charge in [-0.2, -0.15) is 0 Å². The number of halogens is 1. The summed E-state index contributed by atoms with van der Waals surface area (Å²) in [5.74, 6) is 1.18. The minimum absolute atomic E-state index is 0.0144. The summed E-state index contributed by atoms with van der Waals surface area (Å²) in [6, 6.07) is 8.65. The molecule has 2 aromatic heterocycles. The highest BCUT2D eigenvalue weighted by Gasteiger charge is 2.43. The Bertz CT molecular complexity index is 1280. The summed E-state index contributed by atoms with van der Waals surface area (Å²) in [7, 11) is 0. The number of fused-ring (bicyclic) bond motifs is 2. The van der Waals surface area contributed by atoms with E-state index >= 15 is 0 Å². The van der Waals surface area contributed by atoms with Gasteiger partial charge < -0.3 is 19.3 Å². The monoisotopic (exact) mass is 510 g/mol. The van der Waals surface area contributed by atoms with Gasteiger partial charge >= 0.3 is 0 Å². The van der Waals surface area contributed by atoms with Gasteiger partial charge in [0.15, 0.2) is 0 Å². The van der Waals surface area contributed by atoms with Crippen molar-refractivity contribution < 1.29 is 19.1 Å². The van der Waals surface area contributed by atoms with Crippen LogP contribution in [-0.2, 0) is 4.74 Å². The molecule has 0 saturated carbocycles. The van der Waals surface area contributed by atoms with Crippen LogP contribution in [-0.4, -0.2) is 88.0 Å². The summed E-state index contributed by atoms with van der Waals surface area (Å²) in [6.07, 6.45) is 1.91. The van der Waals surface area contributed by atoms with E-state index in [-0.39, 0.29) is 28.8 Å². The summed E-state index contributed by atoms with van der Waals surface area (Å²) in [5.41, 5.74) is 2.55. The summed E-state index contributed by atoms with van der Waals surface area (Å²) < 4.78 is 11.3. The highest BCUT2D eigenvalue weighted by molar-refractivity contribution is 6.29. The molecule has 0 bridgehead atoms. The predicted molar refractivity (Wildman–Crippen MR) is 131 cm³/mol. The number of likely N-dealkylation sites (tertiary alicyclic amines) is 2. The Balaban J connectivity index is 1.07. The molecule has 10 nitrogen and oxygen atoms in total. The minimum Gasteiger partial charge on any atom is -0.477 e. The van der Waals surface area contributed by atoms with Crippen LogP contribution in [0.3, 0.4) is 0 Å². The van der Waals surface area contributed by atoms with Crippen LogP contribution in [0.25, 0.3) is 11.0 Å². The van der Waals surface area contributed by atoms with Crippen LogP contribution in [0.2, 0.25) is 5.15 Å². The highest BCUT2D eigenvalue weighted by Crippen LogP contribution is 2.33. The van der Waals surface area contributed by atoms with Gasteiger partial charge in [0.25, 0.3) is 11.8 Å². The van der Waals surface area contributed by atoms with Crippen molar-refractivity contribution in [3.05, 3.63) is 46.6 Å². The van der Waals surface area contributed by atoms with Gasteiger partial charge in [0.05, 0.1) is 12.1 Å². The first-order valence-electron chi connectivity index (χ1n) is 12.3. The molecular formula is C25H27ClN6O4. The van der Waals surface area contributed by atoms with E-state index in [2.05, 4.69) is 20.4 Å². The molecule has 0 spiro atoms. The first kappa shape index (κ1) is 23.2. The van der Waals surface area contributed by atoms with Gasteiger partial charge in [0.2, 0.25) is 5.88 Å². The Labute approximate surface area is 212 Å². The number of rotatable bonds is 5. The molecule has 0 unspecified atom stereocenters. The second kappa shape index (κ2) is 9.67. The van der Waals surface area contributed by atoms with E-state index in [0.29, 0.717) is 61.2 Å². The molecule has 1 N–H and O–H groups in total. The van der Waals surface area contributed by atoms with Crippen molar-refractivity contribution in [2.24, 2.45) is 17.8 Å². The van der Waals surface area contributed by atoms with Crippen molar-refractivity contribution in [1.29, 1.82) is 0 Å². The number of carbonyl (C=O) groups excluding carboxylic acids is 2. The summed E-state index contributed by atoms with van der Waals surface area (Å²) in [5, 5.41) is 10.8. The van der Waals surface area contributed by atoms with Gasteiger partial charge in [-0.25, -0.2) is 4.98 Å². The van der Waals surface area contributed by atoms with Crippen LogP contribution < -0.4 is 4.74 Å². The Morgan fingerprint density at radius 3 is 2.42 bits per heavy atom. The lowest BCUT2D eigenvalue weighted by atomic mass is 10.0. The molecule has 6 rings (SSSR count). The molecule has 0 aliphatic carbocycles. The summed E-state index contributed by atoms with van der Waals surface area (Å²) in [6.45, 7) is 4.49. The zero-order valence-corrected chi connectivity index (χ0v) is 20.5. The normalized spacial score (nSPS) is 22.2. The number of benzene rings is 1. The molecule has 3 fully saturated rings. The number of nitrogens with zero attached hydrogens (tertiary/aromatic N) is 5. The molecule has 188 valence electrons. The first-order valence-corrected chi connectivity index (χ1v) is 12.7. The molecular weight excluding hydrogens is 484 g/mol. The molecule has 11 heteroatoms. The molecule has 3 aliphatic heterocycles. The standard InChI is InChI=1S/C25H27ClN6O4/c26-22-8-17(9-23(27-22)36-14-15-3-5-35-6-4-15)25(34)32-12-18-10-31(11-19(18)13-32)24(33)16-1-2-20-21(7-16)29-30-28-20/h1-2,7-9,15,18-19H,3-6,10-14H2,(H,28,29,30)/t18-,19-/m0/s1. The zero-order valence-electron chi connectivity index (χ0n) is 19.7. The number of hydrogen-bond donors (Lipinski definition) is 1. The smallest absolute Gasteiger partial charge is 0.254 e. The third-order valence-electron chi connectivity index (χ3n) is 7.46. The molecule has 3 aliphatic rings. The van der Waals surface area contributed by atoms with Crippen molar-refractivity contribution >= 4 is 34.4 Å². The summed E-state index contributed by atoms with van der Waals surface area (Å²) >= 11 is 6.22. The first-order chi connectivity index (χ1) is 17.5. The molecule has 3 aromatic rings. The lowest BCUT2D eigenvalue weighted by Crippen LogP contribution is -2.35. The number of H-pyrrole nitrogens is 1. The average molecular weight is 511 g/mol. The van der Waals surface area contributed by atoms with Crippen LogP contribution in [0, 0.1) is 17.8 Å². The fraction of sp³-hybridized carbons (Fsp3) is 0.480. The van der Waals surface area contributed by atoms with Crippen LogP contribution >= 0.6 is 11.6 Å². The number of nitrogens with one attached hydrogen (secondary N) is 1.